The van der Waals surface area contributed by atoms with Crippen molar-refractivity contribution in [1.29, 1.82) is 0 Å². The lowest BCUT2D eigenvalue weighted by atomic mass is 10.0. The molecule has 1 aromatic heterocycles. The van der Waals surface area contributed by atoms with Crippen LogP contribution in [0.25, 0.3) is 0 Å². The van der Waals surface area contributed by atoms with Crippen molar-refractivity contribution in [2.75, 3.05) is 0 Å². The van der Waals surface area contributed by atoms with Gasteiger partial charge in [0.25, 0.3) is 0 Å². The van der Waals surface area contributed by atoms with Crippen LogP contribution in [0.15, 0.2) is 12.5 Å². The predicted octanol–water partition coefficient (Wildman–Crippen LogP) is 3.49. The van der Waals surface area contributed by atoms with Gasteiger partial charge in [-0.3, -0.25) is 0 Å². The van der Waals surface area contributed by atoms with Gasteiger partial charge < -0.3 is 4.98 Å². The summed E-state index contributed by atoms with van der Waals surface area (Å²) in [6, 6.07) is 0. The smallest absolute Gasteiger partial charge is 0.0921 e. The molecule has 17 heavy (non-hydrogen) atoms. The Balaban J connectivity index is 1.40. The van der Waals surface area contributed by atoms with E-state index in [0.717, 1.165) is 12.3 Å². The zero-order valence-corrected chi connectivity index (χ0v) is 10.3. The molecule has 0 aliphatic heterocycles. The fourth-order valence-corrected chi connectivity index (χ4v) is 2.95. The lowest BCUT2D eigenvalue weighted by Crippen LogP contribution is -1.91. The lowest BCUT2D eigenvalue weighted by Gasteiger charge is -2.03. The van der Waals surface area contributed by atoms with Gasteiger partial charge in [0.15, 0.2) is 0 Å². The third-order valence-electron chi connectivity index (χ3n) is 4.15. The summed E-state index contributed by atoms with van der Waals surface area (Å²) in [5.74, 6) is 9.01. The molecular formula is C15H20N2. The number of imidazole rings is 1. The fourth-order valence-electron chi connectivity index (χ4n) is 2.95. The molecule has 0 amide bonds. The second-order valence-corrected chi connectivity index (χ2v) is 5.47. The van der Waals surface area contributed by atoms with Gasteiger partial charge in [-0.15, -0.1) is 5.92 Å². The summed E-state index contributed by atoms with van der Waals surface area (Å²) >= 11 is 0. The van der Waals surface area contributed by atoms with Crippen molar-refractivity contribution < 1.29 is 0 Å². The average Bonchev–Trinajstić information content (AvgIpc) is 2.81. The zero-order chi connectivity index (χ0) is 11.5. The number of nitrogens with zero attached hydrogens (tertiary/aromatic N) is 1. The first-order chi connectivity index (χ1) is 8.43. The molecule has 2 fully saturated rings. The van der Waals surface area contributed by atoms with Crippen LogP contribution in [0.2, 0.25) is 0 Å². The van der Waals surface area contributed by atoms with Crippen molar-refractivity contribution in [1.82, 2.24) is 9.97 Å². The highest BCUT2D eigenvalue weighted by molar-refractivity contribution is 5.24. The quantitative estimate of drug-likeness (QED) is 0.788. The van der Waals surface area contributed by atoms with Gasteiger partial charge >= 0.3 is 0 Å². The highest BCUT2D eigenvalue weighted by atomic mass is 14.9. The monoisotopic (exact) mass is 228 g/mol. The van der Waals surface area contributed by atoms with Crippen LogP contribution in [0.3, 0.4) is 0 Å². The summed E-state index contributed by atoms with van der Waals surface area (Å²) in [4.78, 5) is 7.25. The van der Waals surface area contributed by atoms with Crippen LogP contribution < -0.4 is 0 Å². The van der Waals surface area contributed by atoms with Crippen LogP contribution in [0.5, 0.6) is 0 Å². The first-order valence-corrected chi connectivity index (χ1v) is 6.90. The van der Waals surface area contributed by atoms with Gasteiger partial charge in [-0.25, -0.2) is 4.98 Å². The number of hydrogen-bond donors (Lipinski definition) is 1. The molecule has 0 radical (unpaired) electrons. The van der Waals surface area contributed by atoms with Gasteiger partial charge in [-0.05, 0) is 18.8 Å². The normalized spacial score (nSPS) is 27.8. The summed E-state index contributed by atoms with van der Waals surface area (Å²) < 4.78 is 0. The molecule has 3 rings (SSSR count). The van der Waals surface area contributed by atoms with Crippen molar-refractivity contribution in [3.8, 4) is 11.8 Å². The molecular weight excluding hydrogens is 208 g/mol. The molecule has 0 bridgehead atoms. The Morgan fingerprint density at radius 1 is 1.35 bits per heavy atom. The van der Waals surface area contributed by atoms with Crippen molar-refractivity contribution in [2.45, 2.75) is 50.9 Å². The minimum atomic E-state index is 0.596. The highest BCUT2D eigenvalue weighted by Crippen LogP contribution is 2.45. The van der Waals surface area contributed by atoms with E-state index in [1.165, 1.54) is 44.2 Å². The van der Waals surface area contributed by atoms with E-state index in [0.29, 0.717) is 11.8 Å². The number of aromatic nitrogens is 2. The Morgan fingerprint density at radius 2 is 2.24 bits per heavy atom. The Hall–Kier alpha value is -1.23. The summed E-state index contributed by atoms with van der Waals surface area (Å²) in [7, 11) is 0. The Morgan fingerprint density at radius 3 is 3.00 bits per heavy atom. The van der Waals surface area contributed by atoms with Crippen molar-refractivity contribution in [2.24, 2.45) is 11.8 Å². The molecule has 2 atom stereocenters. The van der Waals surface area contributed by atoms with Crippen molar-refractivity contribution in [3.05, 3.63) is 18.2 Å². The van der Waals surface area contributed by atoms with Crippen LogP contribution in [0.4, 0.5) is 0 Å². The number of H-pyrrole nitrogens is 1. The molecule has 2 nitrogen and oxygen atoms in total. The molecule has 90 valence electrons. The van der Waals surface area contributed by atoms with E-state index in [1.807, 2.05) is 6.20 Å². The highest BCUT2D eigenvalue weighted by Gasteiger charge is 2.37. The number of rotatable bonds is 3. The molecule has 2 saturated carbocycles. The molecule has 0 aromatic carbocycles. The maximum atomic E-state index is 4.06. The number of aromatic amines is 1. The number of hydrogen-bond acceptors (Lipinski definition) is 1. The van der Waals surface area contributed by atoms with E-state index in [1.54, 1.807) is 6.33 Å². The molecule has 0 spiro atoms. The second-order valence-electron chi connectivity index (χ2n) is 5.47. The van der Waals surface area contributed by atoms with Crippen molar-refractivity contribution >= 4 is 0 Å². The molecule has 0 unspecified atom stereocenters. The minimum absolute atomic E-state index is 0.596. The van der Waals surface area contributed by atoms with E-state index in [-0.39, 0.29) is 0 Å². The largest absolute Gasteiger partial charge is 0.348 e. The van der Waals surface area contributed by atoms with Crippen molar-refractivity contribution in [3.63, 3.8) is 0 Å². The van der Waals surface area contributed by atoms with Gasteiger partial charge in [-0.1, -0.05) is 31.6 Å². The summed E-state index contributed by atoms with van der Waals surface area (Å²) in [6.07, 6.45) is 13.1. The van der Waals surface area contributed by atoms with Crippen LogP contribution in [-0.4, -0.2) is 9.97 Å². The molecule has 2 aliphatic rings. The molecule has 1 heterocycles. The SMILES string of the molecule is C(#C[C@H]1C[C@@H]1c1cnc[nH]1)CCC1CCCC1. The predicted molar refractivity (Wildman–Crippen MR) is 68.4 cm³/mol. The van der Waals surface area contributed by atoms with E-state index in [9.17, 15) is 0 Å². The maximum Gasteiger partial charge on any atom is 0.0921 e. The van der Waals surface area contributed by atoms with E-state index in [2.05, 4.69) is 21.8 Å². The molecule has 1 N–H and O–H groups in total. The Kier molecular flexibility index (Phi) is 3.18. The van der Waals surface area contributed by atoms with Gasteiger partial charge in [0.2, 0.25) is 0 Å². The Bertz CT molecular complexity index is 404. The first-order valence-electron chi connectivity index (χ1n) is 6.90. The molecule has 1 aromatic rings. The minimum Gasteiger partial charge on any atom is -0.348 e. The third kappa shape index (κ3) is 2.72. The molecule has 2 heteroatoms. The standard InChI is InChI=1S/C15H20N2/c1-2-6-12(5-1)7-3-4-8-13-9-14(13)15-10-16-11-17-15/h10-14H,1-3,5-7,9H2,(H,16,17)/t13-,14-/m0/s1. The van der Waals surface area contributed by atoms with E-state index in [4.69, 9.17) is 0 Å². The van der Waals surface area contributed by atoms with Gasteiger partial charge in [0.05, 0.1) is 6.33 Å². The van der Waals surface area contributed by atoms with E-state index < -0.39 is 0 Å². The average molecular weight is 228 g/mol. The van der Waals surface area contributed by atoms with Gasteiger partial charge in [0.1, 0.15) is 0 Å². The molecule has 0 saturated heterocycles. The third-order valence-corrected chi connectivity index (χ3v) is 4.15. The summed E-state index contributed by atoms with van der Waals surface area (Å²) in [5.41, 5.74) is 1.26. The van der Waals surface area contributed by atoms with Gasteiger partial charge in [-0.2, -0.15) is 0 Å². The zero-order valence-electron chi connectivity index (χ0n) is 10.3. The summed E-state index contributed by atoms with van der Waals surface area (Å²) in [5, 5.41) is 0. The summed E-state index contributed by atoms with van der Waals surface area (Å²) in [6.45, 7) is 0. The van der Waals surface area contributed by atoms with Crippen LogP contribution in [-0.2, 0) is 0 Å². The Labute approximate surface area is 103 Å². The van der Waals surface area contributed by atoms with Crippen LogP contribution >= 0.6 is 0 Å². The first kappa shape index (κ1) is 10.9. The van der Waals surface area contributed by atoms with Gasteiger partial charge in [0, 0.05) is 30.1 Å². The number of nitrogens with one attached hydrogen (secondary N) is 1. The second kappa shape index (κ2) is 4.96. The lowest BCUT2D eigenvalue weighted by molar-refractivity contribution is 0.512. The molecule has 2 aliphatic carbocycles. The topological polar surface area (TPSA) is 28.7 Å². The maximum absolute atomic E-state index is 4.06. The van der Waals surface area contributed by atoms with Crippen LogP contribution in [0.1, 0.15) is 56.6 Å². The van der Waals surface area contributed by atoms with E-state index >= 15 is 0 Å². The van der Waals surface area contributed by atoms with Crippen LogP contribution in [0, 0.1) is 23.7 Å². The fraction of sp³-hybridized carbons (Fsp3) is 0.667.